The Kier molecular flexibility index (Phi) is 4.47. The van der Waals surface area contributed by atoms with E-state index in [0.29, 0.717) is 28.0 Å². The van der Waals surface area contributed by atoms with E-state index in [9.17, 15) is 9.18 Å². The first-order valence-corrected chi connectivity index (χ1v) is 9.83. The van der Waals surface area contributed by atoms with Gasteiger partial charge in [0.05, 0.1) is 30.7 Å². The van der Waals surface area contributed by atoms with Crippen LogP contribution in [-0.4, -0.2) is 34.6 Å². The van der Waals surface area contributed by atoms with Gasteiger partial charge >= 0.3 is 0 Å². The van der Waals surface area contributed by atoms with E-state index in [1.54, 1.807) is 31.6 Å². The quantitative estimate of drug-likeness (QED) is 0.490. The molecule has 0 N–H and O–H groups in total. The Hall–Kier alpha value is -3.33. The Morgan fingerprint density at radius 2 is 1.97 bits per heavy atom. The molecule has 1 saturated carbocycles. The zero-order valence-corrected chi connectivity index (χ0v) is 16.8. The normalized spacial score (nSPS) is 13.7. The molecule has 0 atom stereocenters. The summed E-state index contributed by atoms with van der Waals surface area (Å²) >= 11 is 5.84. The fraction of sp³-hybridized carbons (Fsp3) is 0.250. The minimum Gasteiger partial charge on any atom is -0.269 e. The summed E-state index contributed by atoms with van der Waals surface area (Å²) in [5.74, 6) is -0.507. The van der Waals surface area contributed by atoms with Gasteiger partial charge in [0.1, 0.15) is 11.5 Å². The number of hydrogen-bond acceptors (Lipinski definition) is 5. The molecule has 0 radical (unpaired) electrons. The Morgan fingerprint density at radius 1 is 1.17 bits per heavy atom. The van der Waals surface area contributed by atoms with Gasteiger partial charge in [0.2, 0.25) is 0 Å². The highest BCUT2D eigenvalue weighted by Gasteiger charge is 2.24. The molecule has 1 fully saturated rings. The molecule has 0 unspecified atom stereocenters. The monoisotopic (exact) mass is 425 g/mol. The zero-order valence-electron chi connectivity index (χ0n) is 16.0. The van der Waals surface area contributed by atoms with E-state index in [1.807, 2.05) is 10.9 Å². The molecule has 3 heterocycles. The molecule has 5 rings (SSSR count). The summed E-state index contributed by atoms with van der Waals surface area (Å²) in [6.07, 6.45) is 7.57. The molecule has 1 aliphatic rings. The van der Waals surface area contributed by atoms with E-state index >= 15 is 0 Å². The van der Waals surface area contributed by atoms with Crippen molar-refractivity contribution >= 4 is 11.6 Å². The van der Waals surface area contributed by atoms with Gasteiger partial charge in [-0.2, -0.15) is 10.2 Å². The van der Waals surface area contributed by atoms with Crippen LogP contribution >= 0.6 is 11.6 Å². The van der Waals surface area contributed by atoms with Crippen molar-refractivity contribution < 1.29 is 4.39 Å². The van der Waals surface area contributed by atoms with Crippen LogP contribution in [0.1, 0.15) is 24.6 Å². The van der Waals surface area contributed by atoms with Gasteiger partial charge in [-0.25, -0.2) is 13.8 Å². The predicted molar refractivity (Wildman–Crippen MR) is 108 cm³/mol. The van der Waals surface area contributed by atoms with Gasteiger partial charge in [-0.1, -0.05) is 16.8 Å². The van der Waals surface area contributed by atoms with Gasteiger partial charge in [0, 0.05) is 41.0 Å². The Morgan fingerprint density at radius 3 is 2.70 bits per heavy atom. The van der Waals surface area contributed by atoms with Crippen molar-refractivity contribution in [3.8, 4) is 22.4 Å². The minimum absolute atomic E-state index is 0.0986. The third-order valence-electron chi connectivity index (χ3n) is 5.15. The van der Waals surface area contributed by atoms with E-state index in [0.717, 1.165) is 18.4 Å². The molecule has 1 aliphatic carbocycles. The van der Waals surface area contributed by atoms with Crippen LogP contribution in [0.15, 0.2) is 47.7 Å². The molecule has 0 saturated heterocycles. The maximum Gasteiger partial charge on any atom is 0.267 e. The number of halogens is 2. The van der Waals surface area contributed by atoms with E-state index in [1.165, 1.54) is 21.5 Å². The second-order valence-corrected chi connectivity index (χ2v) is 7.75. The summed E-state index contributed by atoms with van der Waals surface area (Å²) in [7, 11) is 1.69. The lowest BCUT2D eigenvalue weighted by molar-refractivity contribution is 0.587. The molecule has 3 aromatic heterocycles. The first-order chi connectivity index (χ1) is 14.5. The smallest absolute Gasteiger partial charge is 0.267 e. The number of aromatic nitrogens is 7. The summed E-state index contributed by atoms with van der Waals surface area (Å²) in [4.78, 5) is 12.7. The molecule has 4 aromatic rings. The maximum atomic E-state index is 14.4. The van der Waals surface area contributed by atoms with Crippen molar-refractivity contribution in [3.05, 3.63) is 69.7 Å². The van der Waals surface area contributed by atoms with E-state index < -0.39 is 5.82 Å². The van der Waals surface area contributed by atoms with E-state index in [2.05, 4.69) is 20.5 Å². The van der Waals surface area contributed by atoms with Gasteiger partial charge in [-0.05, 0) is 31.0 Å². The summed E-state index contributed by atoms with van der Waals surface area (Å²) < 4.78 is 19.1. The Bertz CT molecular complexity index is 1300. The van der Waals surface area contributed by atoms with Gasteiger partial charge in [0.25, 0.3) is 5.56 Å². The van der Waals surface area contributed by atoms with Crippen LogP contribution in [0, 0.1) is 5.82 Å². The fourth-order valence-electron chi connectivity index (χ4n) is 3.32. The first kappa shape index (κ1) is 18.7. The number of benzene rings is 1. The summed E-state index contributed by atoms with van der Waals surface area (Å²) in [6.45, 7) is 0.0986. The van der Waals surface area contributed by atoms with Crippen molar-refractivity contribution in [1.82, 2.24) is 34.6 Å². The van der Waals surface area contributed by atoms with Gasteiger partial charge < -0.3 is 0 Å². The topological polar surface area (TPSA) is 83.4 Å². The van der Waals surface area contributed by atoms with Gasteiger partial charge in [-0.3, -0.25) is 9.48 Å². The highest BCUT2D eigenvalue weighted by molar-refractivity contribution is 6.30. The molecule has 1 aromatic carbocycles. The van der Waals surface area contributed by atoms with Crippen LogP contribution in [-0.2, 0) is 13.6 Å². The van der Waals surface area contributed by atoms with E-state index in [4.69, 9.17) is 11.6 Å². The van der Waals surface area contributed by atoms with Gasteiger partial charge in [0.15, 0.2) is 0 Å². The van der Waals surface area contributed by atoms with E-state index in [-0.39, 0.29) is 17.7 Å². The average molecular weight is 426 g/mol. The molecule has 152 valence electrons. The van der Waals surface area contributed by atoms with Crippen LogP contribution in [0.5, 0.6) is 0 Å². The molecule has 0 aliphatic heterocycles. The SMILES string of the molecule is Cn1nnc(-c2ccc(Cl)cc2F)c1Cn1ncc(-c2cnn(C3CC3)c2)cc1=O. The molecule has 0 spiro atoms. The number of hydrogen-bond donors (Lipinski definition) is 0. The third kappa shape index (κ3) is 3.41. The minimum atomic E-state index is -0.507. The lowest BCUT2D eigenvalue weighted by atomic mass is 10.1. The zero-order chi connectivity index (χ0) is 20.8. The van der Waals surface area contributed by atoms with Crippen molar-refractivity contribution in [2.24, 2.45) is 7.05 Å². The molecule has 0 amide bonds. The molecule has 10 heteroatoms. The second-order valence-electron chi connectivity index (χ2n) is 7.31. The lowest BCUT2D eigenvalue weighted by Crippen LogP contribution is -2.24. The summed E-state index contributed by atoms with van der Waals surface area (Å²) in [5.41, 5.74) is 2.44. The summed E-state index contributed by atoms with van der Waals surface area (Å²) in [5, 5.41) is 17.0. The van der Waals surface area contributed by atoms with Crippen molar-refractivity contribution in [3.63, 3.8) is 0 Å². The van der Waals surface area contributed by atoms with Crippen LogP contribution in [0.4, 0.5) is 4.39 Å². The van der Waals surface area contributed by atoms with Crippen LogP contribution in [0.25, 0.3) is 22.4 Å². The lowest BCUT2D eigenvalue weighted by Gasteiger charge is -2.08. The predicted octanol–water partition coefficient (Wildman–Crippen LogP) is 3.08. The number of nitrogens with zero attached hydrogens (tertiary/aromatic N) is 7. The van der Waals surface area contributed by atoms with Crippen LogP contribution in [0.2, 0.25) is 5.02 Å². The highest BCUT2D eigenvalue weighted by Crippen LogP contribution is 2.35. The van der Waals surface area contributed by atoms with Crippen molar-refractivity contribution in [2.45, 2.75) is 25.4 Å². The Balaban J connectivity index is 1.46. The van der Waals surface area contributed by atoms with Crippen LogP contribution < -0.4 is 5.56 Å². The van der Waals surface area contributed by atoms with Crippen molar-refractivity contribution in [1.29, 1.82) is 0 Å². The van der Waals surface area contributed by atoms with Crippen LogP contribution in [0.3, 0.4) is 0 Å². The Labute approximate surface area is 175 Å². The standard InChI is InChI=1S/C20H17ClFN7O/c1-27-18(20(25-26-27)16-5-2-14(21)7-17(16)22)11-29-19(30)6-12(8-24-29)13-9-23-28(10-13)15-3-4-15/h2,5-10,15H,3-4,11H2,1H3. The summed E-state index contributed by atoms with van der Waals surface area (Å²) in [6, 6.07) is 6.34. The molecule has 0 bridgehead atoms. The largest absolute Gasteiger partial charge is 0.269 e. The van der Waals surface area contributed by atoms with Gasteiger partial charge in [-0.15, -0.1) is 5.10 Å². The molecular weight excluding hydrogens is 409 g/mol. The second kappa shape index (κ2) is 7.17. The third-order valence-corrected chi connectivity index (χ3v) is 5.39. The highest BCUT2D eigenvalue weighted by atomic mass is 35.5. The molecular formula is C20H17ClFN7O. The number of aryl methyl sites for hydroxylation is 1. The van der Waals surface area contributed by atoms with Crippen molar-refractivity contribution in [2.75, 3.05) is 0 Å². The fourth-order valence-corrected chi connectivity index (χ4v) is 3.48. The maximum absolute atomic E-state index is 14.4. The number of rotatable bonds is 5. The molecule has 30 heavy (non-hydrogen) atoms. The molecule has 8 nitrogen and oxygen atoms in total. The average Bonchev–Trinajstić information content (AvgIpc) is 3.34. The first-order valence-electron chi connectivity index (χ1n) is 9.45.